The molecule has 24 heavy (non-hydrogen) atoms. The topological polar surface area (TPSA) is 37.8 Å². The third kappa shape index (κ3) is 2.59. The maximum Gasteiger partial charge on any atom is 0.139 e. The number of benzene rings is 1. The number of nitrogens with zero attached hydrogens (tertiary/aromatic N) is 2. The molecule has 122 valence electrons. The van der Waals surface area contributed by atoms with Crippen molar-refractivity contribution in [1.82, 2.24) is 9.97 Å². The number of fused-ring (bicyclic) bond motifs is 3. The number of rotatable bonds is 4. The second kappa shape index (κ2) is 5.85. The molecule has 0 amide bonds. The van der Waals surface area contributed by atoms with Crippen molar-refractivity contribution in [3.8, 4) is 0 Å². The monoisotopic (exact) mass is 335 g/mol. The Morgan fingerprint density at radius 1 is 1.04 bits per heavy atom. The van der Waals surface area contributed by atoms with Gasteiger partial charge in [-0.05, 0) is 49.7 Å². The summed E-state index contributed by atoms with van der Waals surface area (Å²) in [6, 6.07) is 10.6. The van der Waals surface area contributed by atoms with Gasteiger partial charge in [0.25, 0.3) is 0 Å². The smallest absolute Gasteiger partial charge is 0.139 e. The first-order valence-corrected chi connectivity index (χ1v) is 9.80. The van der Waals surface area contributed by atoms with Crippen LogP contribution in [0.4, 0.5) is 5.82 Å². The van der Waals surface area contributed by atoms with Crippen LogP contribution in [0.25, 0.3) is 10.2 Å². The summed E-state index contributed by atoms with van der Waals surface area (Å²) in [4.78, 5) is 12.6. The first-order valence-electron chi connectivity index (χ1n) is 8.98. The molecule has 3 aromatic rings. The Morgan fingerprint density at radius 2 is 1.88 bits per heavy atom. The number of aromatic nitrogens is 2. The molecule has 0 unspecified atom stereocenters. The Labute approximate surface area is 146 Å². The van der Waals surface area contributed by atoms with Crippen LogP contribution >= 0.6 is 11.3 Å². The Kier molecular flexibility index (Phi) is 3.51. The van der Waals surface area contributed by atoms with Crippen LogP contribution in [0.5, 0.6) is 0 Å². The molecule has 0 bridgehead atoms. The van der Waals surface area contributed by atoms with Crippen molar-refractivity contribution in [2.75, 3.05) is 5.32 Å². The molecule has 0 aliphatic heterocycles. The molecular formula is C20H21N3S. The van der Waals surface area contributed by atoms with Crippen LogP contribution in [0.3, 0.4) is 0 Å². The standard InChI is InChI=1S/C20H21N3S/c1-2-6-13(7-3-1)12-21-19-17-15-8-4-5-9-16(15)24-20(17)23-18(22-19)14-10-11-14/h1-3,6-7,14H,4-5,8-12H2,(H,21,22,23). The van der Waals surface area contributed by atoms with E-state index in [2.05, 4.69) is 35.6 Å². The van der Waals surface area contributed by atoms with E-state index in [1.54, 1.807) is 4.88 Å². The highest BCUT2D eigenvalue weighted by Gasteiger charge is 2.29. The molecule has 3 nitrogen and oxygen atoms in total. The van der Waals surface area contributed by atoms with Crippen molar-refractivity contribution in [2.45, 2.75) is 51.0 Å². The lowest BCUT2D eigenvalue weighted by Gasteiger charge is -2.13. The van der Waals surface area contributed by atoms with Crippen molar-refractivity contribution in [3.63, 3.8) is 0 Å². The number of thiophene rings is 1. The van der Waals surface area contributed by atoms with Gasteiger partial charge in [-0.3, -0.25) is 0 Å². The summed E-state index contributed by atoms with van der Waals surface area (Å²) in [6.07, 6.45) is 7.50. The number of hydrogen-bond acceptors (Lipinski definition) is 4. The van der Waals surface area contributed by atoms with Gasteiger partial charge in [-0.2, -0.15) is 0 Å². The molecule has 4 heteroatoms. The maximum absolute atomic E-state index is 4.94. The maximum atomic E-state index is 4.94. The number of anilines is 1. The molecule has 0 spiro atoms. The first kappa shape index (κ1) is 14.4. The van der Waals surface area contributed by atoms with Crippen LogP contribution in [0.15, 0.2) is 30.3 Å². The predicted molar refractivity (Wildman–Crippen MR) is 99.8 cm³/mol. The zero-order chi connectivity index (χ0) is 15.9. The fourth-order valence-electron chi connectivity index (χ4n) is 3.61. The first-order chi connectivity index (χ1) is 11.9. The molecule has 1 saturated carbocycles. The van der Waals surface area contributed by atoms with E-state index in [1.165, 1.54) is 59.9 Å². The average Bonchev–Trinajstić information content (AvgIpc) is 3.41. The Balaban J connectivity index is 1.57. The predicted octanol–water partition coefficient (Wildman–Crippen LogP) is 5.06. The largest absolute Gasteiger partial charge is 0.365 e. The summed E-state index contributed by atoms with van der Waals surface area (Å²) >= 11 is 1.90. The lowest BCUT2D eigenvalue weighted by Crippen LogP contribution is -2.06. The zero-order valence-corrected chi connectivity index (χ0v) is 14.5. The second-order valence-corrected chi connectivity index (χ2v) is 8.02. The summed E-state index contributed by atoms with van der Waals surface area (Å²) in [5.74, 6) is 2.70. The van der Waals surface area contributed by atoms with Gasteiger partial charge in [-0.25, -0.2) is 9.97 Å². The van der Waals surface area contributed by atoms with Crippen molar-refractivity contribution < 1.29 is 0 Å². The van der Waals surface area contributed by atoms with Crippen LogP contribution in [0.1, 0.15) is 53.4 Å². The summed E-state index contributed by atoms with van der Waals surface area (Å²) in [7, 11) is 0. The van der Waals surface area contributed by atoms with E-state index in [4.69, 9.17) is 9.97 Å². The van der Waals surface area contributed by atoms with Crippen molar-refractivity contribution >= 4 is 27.4 Å². The van der Waals surface area contributed by atoms with E-state index >= 15 is 0 Å². The minimum absolute atomic E-state index is 0.589. The molecule has 1 N–H and O–H groups in total. The summed E-state index contributed by atoms with van der Waals surface area (Å²) in [5, 5.41) is 4.92. The lowest BCUT2D eigenvalue weighted by atomic mass is 9.97. The highest BCUT2D eigenvalue weighted by Crippen LogP contribution is 2.43. The van der Waals surface area contributed by atoms with Gasteiger partial charge in [0.15, 0.2) is 0 Å². The number of aryl methyl sites for hydroxylation is 2. The summed E-state index contributed by atoms with van der Waals surface area (Å²) in [5.41, 5.74) is 2.81. The van der Waals surface area contributed by atoms with Crippen LogP contribution in [-0.4, -0.2) is 9.97 Å². The van der Waals surface area contributed by atoms with E-state index in [1.807, 2.05) is 11.3 Å². The number of hydrogen-bond donors (Lipinski definition) is 1. The van der Waals surface area contributed by atoms with Gasteiger partial charge in [-0.15, -0.1) is 11.3 Å². The van der Waals surface area contributed by atoms with Gasteiger partial charge < -0.3 is 5.32 Å². The summed E-state index contributed by atoms with van der Waals surface area (Å²) < 4.78 is 0. The molecule has 2 heterocycles. The summed E-state index contributed by atoms with van der Waals surface area (Å²) in [6.45, 7) is 0.821. The van der Waals surface area contributed by atoms with Crippen molar-refractivity contribution in [1.29, 1.82) is 0 Å². The van der Waals surface area contributed by atoms with Crippen LogP contribution in [0.2, 0.25) is 0 Å². The normalized spacial score (nSPS) is 17.0. The van der Waals surface area contributed by atoms with Gasteiger partial charge in [0.2, 0.25) is 0 Å². The minimum atomic E-state index is 0.589. The zero-order valence-electron chi connectivity index (χ0n) is 13.7. The highest BCUT2D eigenvalue weighted by atomic mass is 32.1. The van der Waals surface area contributed by atoms with Gasteiger partial charge >= 0.3 is 0 Å². The molecule has 0 saturated heterocycles. The van der Waals surface area contributed by atoms with Gasteiger partial charge in [0.05, 0.1) is 5.39 Å². The third-order valence-electron chi connectivity index (χ3n) is 5.08. The highest BCUT2D eigenvalue weighted by molar-refractivity contribution is 7.19. The molecule has 1 aromatic carbocycles. The van der Waals surface area contributed by atoms with E-state index in [9.17, 15) is 0 Å². The Hall–Kier alpha value is -1.94. The molecule has 2 aromatic heterocycles. The molecule has 5 rings (SSSR count). The SMILES string of the molecule is c1ccc(CNc2nc(C3CC3)nc3sc4c(c23)CCCC4)cc1. The average molecular weight is 335 g/mol. The number of nitrogens with one attached hydrogen (secondary N) is 1. The van der Waals surface area contributed by atoms with Crippen molar-refractivity contribution in [2.24, 2.45) is 0 Å². The van der Waals surface area contributed by atoms with Gasteiger partial charge in [0.1, 0.15) is 16.5 Å². The van der Waals surface area contributed by atoms with Crippen molar-refractivity contribution in [3.05, 3.63) is 52.2 Å². The fraction of sp³-hybridized carbons (Fsp3) is 0.400. The van der Waals surface area contributed by atoms with Gasteiger partial charge in [0, 0.05) is 17.3 Å². The molecule has 2 aliphatic rings. The molecule has 0 atom stereocenters. The Bertz CT molecular complexity index is 881. The minimum Gasteiger partial charge on any atom is -0.365 e. The van der Waals surface area contributed by atoms with Crippen LogP contribution < -0.4 is 5.32 Å². The quantitative estimate of drug-likeness (QED) is 0.724. The van der Waals surface area contributed by atoms with Crippen LogP contribution in [0, 0.1) is 0 Å². The molecule has 1 fully saturated rings. The lowest BCUT2D eigenvalue weighted by molar-refractivity contribution is 0.700. The van der Waals surface area contributed by atoms with E-state index in [-0.39, 0.29) is 0 Å². The van der Waals surface area contributed by atoms with E-state index < -0.39 is 0 Å². The molecule has 2 aliphatic carbocycles. The van der Waals surface area contributed by atoms with Gasteiger partial charge in [-0.1, -0.05) is 30.3 Å². The van der Waals surface area contributed by atoms with E-state index in [0.29, 0.717) is 5.92 Å². The Morgan fingerprint density at radius 3 is 2.71 bits per heavy atom. The fourth-order valence-corrected chi connectivity index (χ4v) is 4.88. The van der Waals surface area contributed by atoms with E-state index in [0.717, 1.165) is 18.2 Å². The molecule has 0 radical (unpaired) electrons. The second-order valence-electron chi connectivity index (χ2n) is 6.93. The van der Waals surface area contributed by atoms with Crippen LogP contribution in [-0.2, 0) is 19.4 Å². The molecular weight excluding hydrogens is 314 g/mol. The third-order valence-corrected chi connectivity index (χ3v) is 6.26.